The van der Waals surface area contributed by atoms with Gasteiger partial charge in [0.05, 0.1) is 0 Å². The highest BCUT2D eigenvalue weighted by Crippen LogP contribution is 2.51. The lowest BCUT2D eigenvalue weighted by atomic mass is 9.63. The SMILES string of the molecule is Cc1cc(Nc2ccc(C(C)(C)C)cc2C)cc(N(c2ccc3c(c2)C(C)(C)CCC3(C)C)c2ccc3c(c2)C(C)(C)CCC3(C)C)c1. The van der Waals surface area contributed by atoms with Crippen molar-refractivity contribution in [3.05, 3.63) is 112 Å². The third kappa shape index (κ3) is 6.33. The van der Waals surface area contributed by atoms with Gasteiger partial charge in [0.2, 0.25) is 0 Å². The van der Waals surface area contributed by atoms with Gasteiger partial charge in [0, 0.05) is 28.4 Å². The van der Waals surface area contributed by atoms with Crippen LogP contribution < -0.4 is 10.2 Å². The first-order valence-corrected chi connectivity index (χ1v) is 18.3. The van der Waals surface area contributed by atoms with Gasteiger partial charge >= 0.3 is 0 Å². The fourth-order valence-corrected chi connectivity index (χ4v) is 8.27. The molecule has 2 heteroatoms. The van der Waals surface area contributed by atoms with E-state index in [1.165, 1.54) is 81.7 Å². The van der Waals surface area contributed by atoms with E-state index < -0.39 is 0 Å². The number of aryl methyl sites for hydroxylation is 2. The molecule has 0 saturated heterocycles. The summed E-state index contributed by atoms with van der Waals surface area (Å²) < 4.78 is 0. The van der Waals surface area contributed by atoms with Crippen LogP contribution in [0.3, 0.4) is 0 Å². The zero-order valence-electron chi connectivity index (χ0n) is 32.2. The molecule has 4 aromatic rings. The van der Waals surface area contributed by atoms with Crippen molar-refractivity contribution >= 4 is 28.4 Å². The van der Waals surface area contributed by atoms with Crippen molar-refractivity contribution in [2.45, 2.75) is 143 Å². The van der Waals surface area contributed by atoms with Crippen molar-refractivity contribution < 1.29 is 0 Å². The smallest absolute Gasteiger partial charge is 0.0484 e. The minimum atomic E-state index is 0.123. The van der Waals surface area contributed by atoms with Crippen LogP contribution in [0.1, 0.15) is 141 Å². The summed E-state index contributed by atoms with van der Waals surface area (Å²) in [6, 6.07) is 28.4. The maximum Gasteiger partial charge on any atom is 0.0484 e. The van der Waals surface area contributed by atoms with Crippen LogP contribution in [0.4, 0.5) is 28.4 Å². The molecule has 0 amide bonds. The van der Waals surface area contributed by atoms with Gasteiger partial charge < -0.3 is 10.2 Å². The Balaban J connectivity index is 1.52. The number of rotatable bonds is 5. The first-order chi connectivity index (χ1) is 22.2. The Bertz CT molecular complexity index is 1780. The molecule has 1 N–H and O–H groups in total. The minimum absolute atomic E-state index is 0.123. The molecule has 2 aliphatic rings. The zero-order valence-corrected chi connectivity index (χ0v) is 32.2. The van der Waals surface area contributed by atoms with E-state index in [0.717, 1.165) is 11.4 Å². The van der Waals surface area contributed by atoms with Crippen LogP contribution in [-0.4, -0.2) is 0 Å². The van der Waals surface area contributed by atoms with Crippen LogP contribution in [0.25, 0.3) is 0 Å². The van der Waals surface area contributed by atoms with Gasteiger partial charge in [-0.2, -0.15) is 0 Å². The molecule has 0 atom stereocenters. The highest BCUT2D eigenvalue weighted by Gasteiger charge is 2.39. The Kier molecular flexibility index (Phi) is 8.25. The van der Waals surface area contributed by atoms with E-state index in [0.29, 0.717) is 0 Å². The predicted octanol–water partition coefficient (Wildman–Crippen LogP) is 13.5. The molecule has 48 heavy (non-hydrogen) atoms. The molecule has 0 radical (unpaired) electrons. The van der Waals surface area contributed by atoms with Gasteiger partial charge in [0.1, 0.15) is 0 Å². The highest BCUT2D eigenvalue weighted by molar-refractivity contribution is 5.81. The third-order valence-electron chi connectivity index (χ3n) is 11.9. The average Bonchev–Trinajstić information content (AvgIpc) is 2.98. The van der Waals surface area contributed by atoms with Gasteiger partial charge in [-0.25, -0.2) is 0 Å². The Morgan fingerprint density at radius 1 is 0.521 bits per heavy atom. The number of nitrogens with zero attached hydrogens (tertiary/aromatic N) is 1. The van der Waals surface area contributed by atoms with Gasteiger partial charge in [-0.1, -0.05) is 100 Å². The van der Waals surface area contributed by atoms with Crippen molar-refractivity contribution in [3.8, 4) is 0 Å². The molecule has 0 aromatic heterocycles. The number of nitrogens with one attached hydrogen (secondary N) is 1. The second-order valence-corrected chi connectivity index (χ2v) is 18.8. The summed E-state index contributed by atoms with van der Waals surface area (Å²) in [7, 11) is 0. The van der Waals surface area contributed by atoms with Gasteiger partial charge in [0.25, 0.3) is 0 Å². The minimum Gasteiger partial charge on any atom is -0.355 e. The van der Waals surface area contributed by atoms with E-state index in [1.54, 1.807) is 0 Å². The summed E-state index contributed by atoms with van der Waals surface area (Å²) in [4.78, 5) is 2.52. The number of benzene rings is 4. The molecule has 4 aromatic carbocycles. The zero-order chi connectivity index (χ0) is 35.0. The lowest BCUT2D eigenvalue weighted by Crippen LogP contribution is -2.34. The number of fused-ring (bicyclic) bond motifs is 2. The number of anilines is 5. The largest absolute Gasteiger partial charge is 0.355 e. The first-order valence-electron chi connectivity index (χ1n) is 18.3. The van der Waals surface area contributed by atoms with Crippen molar-refractivity contribution in [1.82, 2.24) is 0 Å². The van der Waals surface area contributed by atoms with Crippen molar-refractivity contribution in [3.63, 3.8) is 0 Å². The van der Waals surface area contributed by atoms with Gasteiger partial charge in [-0.05, 0) is 154 Å². The molecule has 0 heterocycles. The fourth-order valence-electron chi connectivity index (χ4n) is 8.27. The molecule has 2 aliphatic carbocycles. The lowest BCUT2D eigenvalue weighted by molar-refractivity contribution is 0.332. The lowest BCUT2D eigenvalue weighted by Gasteiger charge is -2.43. The summed E-state index contributed by atoms with van der Waals surface area (Å²) in [5, 5.41) is 3.81. The van der Waals surface area contributed by atoms with Crippen LogP contribution in [-0.2, 0) is 27.1 Å². The summed E-state index contributed by atoms with van der Waals surface area (Å²) in [6.07, 6.45) is 4.83. The molecule has 0 fully saturated rings. The predicted molar refractivity (Wildman–Crippen MR) is 210 cm³/mol. The summed E-state index contributed by atoms with van der Waals surface area (Å²) in [5.41, 5.74) is 16.5. The summed E-state index contributed by atoms with van der Waals surface area (Å²) in [5.74, 6) is 0. The van der Waals surface area contributed by atoms with E-state index in [9.17, 15) is 0 Å². The molecular formula is C46H60N2. The second-order valence-electron chi connectivity index (χ2n) is 18.8. The summed E-state index contributed by atoms with van der Waals surface area (Å²) >= 11 is 0. The number of hydrogen-bond acceptors (Lipinski definition) is 2. The van der Waals surface area contributed by atoms with Gasteiger partial charge in [-0.15, -0.1) is 0 Å². The maximum atomic E-state index is 3.81. The molecule has 6 rings (SSSR count). The third-order valence-corrected chi connectivity index (χ3v) is 11.9. The van der Waals surface area contributed by atoms with Gasteiger partial charge in [0.15, 0.2) is 0 Å². The molecule has 254 valence electrons. The molecule has 0 saturated carbocycles. The van der Waals surface area contributed by atoms with Crippen molar-refractivity contribution in [1.29, 1.82) is 0 Å². The normalized spacial score (nSPS) is 18.9. The van der Waals surface area contributed by atoms with Crippen LogP contribution in [0.15, 0.2) is 72.8 Å². The Morgan fingerprint density at radius 3 is 1.46 bits per heavy atom. The molecule has 0 bridgehead atoms. The van der Waals surface area contributed by atoms with E-state index in [2.05, 4.69) is 173 Å². The quantitative estimate of drug-likeness (QED) is 0.233. The molecule has 0 unspecified atom stereocenters. The maximum absolute atomic E-state index is 3.81. The van der Waals surface area contributed by atoms with Crippen LogP contribution in [0.5, 0.6) is 0 Å². The fraction of sp³-hybridized carbons (Fsp3) is 0.478. The molecular weight excluding hydrogens is 581 g/mol. The Labute approximate surface area is 292 Å². The van der Waals surface area contributed by atoms with Crippen molar-refractivity contribution in [2.75, 3.05) is 10.2 Å². The molecule has 0 aliphatic heterocycles. The van der Waals surface area contributed by atoms with E-state index in [-0.39, 0.29) is 27.1 Å². The van der Waals surface area contributed by atoms with Gasteiger partial charge in [-0.3, -0.25) is 0 Å². The van der Waals surface area contributed by atoms with Crippen LogP contribution in [0.2, 0.25) is 0 Å². The first kappa shape index (κ1) is 34.3. The molecule has 0 spiro atoms. The Hall–Kier alpha value is -3.52. The topological polar surface area (TPSA) is 15.3 Å². The number of hydrogen-bond donors (Lipinski definition) is 1. The van der Waals surface area contributed by atoms with Crippen molar-refractivity contribution in [2.24, 2.45) is 0 Å². The standard InChI is InChI=1S/C46H60N2/c1-30-24-33(47-41-19-14-32(26-31(41)2)42(3,4)5)27-36(25-30)48(34-15-17-37-39(28-34)45(10,11)22-20-43(37,6)7)35-16-18-38-40(29-35)46(12,13)23-21-44(38,8)9/h14-19,24-29,47H,20-23H2,1-13H3. The Morgan fingerprint density at radius 2 is 1.00 bits per heavy atom. The van der Waals surface area contributed by atoms with Crippen LogP contribution in [0, 0.1) is 13.8 Å². The summed E-state index contributed by atoms with van der Waals surface area (Å²) in [6.45, 7) is 30.7. The highest BCUT2D eigenvalue weighted by atomic mass is 15.1. The van der Waals surface area contributed by atoms with E-state index in [1.807, 2.05) is 0 Å². The van der Waals surface area contributed by atoms with E-state index >= 15 is 0 Å². The molecule has 2 nitrogen and oxygen atoms in total. The monoisotopic (exact) mass is 640 g/mol. The second kappa shape index (κ2) is 11.5. The van der Waals surface area contributed by atoms with Crippen LogP contribution >= 0.6 is 0 Å². The average molecular weight is 641 g/mol. The van der Waals surface area contributed by atoms with E-state index in [4.69, 9.17) is 0 Å².